The van der Waals surface area contributed by atoms with Crippen LogP contribution in [0.1, 0.15) is 12.0 Å². The molecule has 2 nitrogen and oxygen atoms in total. The Kier molecular flexibility index (Phi) is 2.23. The summed E-state index contributed by atoms with van der Waals surface area (Å²) >= 11 is 0. The van der Waals surface area contributed by atoms with Gasteiger partial charge in [-0.05, 0) is 36.5 Å². The molecule has 2 rings (SSSR count). The van der Waals surface area contributed by atoms with E-state index < -0.39 is 5.97 Å². The van der Waals surface area contributed by atoms with Gasteiger partial charge in [0, 0.05) is 0 Å². The number of carbonyl (C=O) groups is 1. The summed E-state index contributed by atoms with van der Waals surface area (Å²) < 4.78 is 12.6. The first-order chi connectivity index (χ1) is 6.66. The quantitative estimate of drug-likeness (QED) is 0.799. The number of hydrogen-bond acceptors (Lipinski definition) is 1. The summed E-state index contributed by atoms with van der Waals surface area (Å²) in [6.45, 7) is 0. The van der Waals surface area contributed by atoms with Gasteiger partial charge < -0.3 is 5.11 Å². The van der Waals surface area contributed by atoms with Gasteiger partial charge in [0.05, 0.1) is 5.92 Å². The first kappa shape index (κ1) is 9.19. The number of benzene rings is 1. The second kappa shape index (κ2) is 3.40. The van der Waals surface area contributed by atoms with E-state index in [9.17, 15) is 9.18 Å². The number of halogens is 1. The van der Waals surface area contributed by atoms with Crippen molar-refractivity contribution in [3.8, 4) is 0 Å². The van der Waals surface area contributed by atoms with E-state index in [2.05, 4.69) is 0 Å². The number of rotatable bonds is 3. The van der Waals surface area contributed by atoms with E-state index in [0.29, 0.717) is 0 Å². The van der Waals surface area contributed by atoms with Crippen LogP contribution < -0.4 is 0 Å². The molecule has 2 unspecified atom stereocenters. The Hall–Kier alpha value is -1.38. The van der Waals surface area contributed by atoms with Crippen molar-refractivity contribution in [1.29, 1.82) is 0 Å². The van der Waals surface area contributed by atoms with E-state index in [1.54, 1.807) is 12.1 Å². The predicted molar refractivity (Wildman–Crippen MR) is 49.3 cm³/mol. The van der Waals surface area contributed by atoms with Gasteiger partial charge in [-0.3, -0.25) is 4.79 Å². The zero-order valence-electron chi connectivity index (χ0n) is 7.61. The molecule has 1 aliphatic rings. The van der Waals surface area contributed by atoms with Crippen LogP contribution in [0.2, 0.25) is 0 Å². The Bertz CT molecular complexity index is 345. The van der Waals surface area contributed by atoms with E-state index in [1.807, 2.05) is 0 Å². The van der Waals surface area contributed by atoms with Gasteiger partial charge >= 0.3 is 5.97 Å². The van der Waals surface area contributed by atoms with Crippen molar-refractivity contribution in [2.75, 3.05) is 0 Å². The van der Waals surface area contributed by atoms with E-state index in [-0.39, 0.29) is 17.7 Å². The molecule has 0 amide bonds. The lowest BCUT2D eigenvalue weighted by molar-refractivity contribution is -0.138. The minimum Gasteiger partial charge on any atom is -0.481 e. The third-order valence-corrected chi connectivity index (χ3v) is 2.65. The zero-order valence-corrected chi connectivity index (χ0v) is 7.61. The van der Waals surface area contributed by atoms with Crippen LogP contribution in [0.15, 0.2) is 24.3 Å². The Morgan fingerprint density at radius 2 is 2.07 bits per heavy atom. The zero-order chi connectivity index (χ0) is 10.1. The lowest BCUT2D eigenvalue weighted by Crippen LogP contribution is -2.01. The van der Waals surface area contributed by atoms with Gasteiger partial charge in [0.1, 0.15) is 5.82 Å². The molecule has 1 aliphatic carbocycles. The van der Waals surface area contributed by atoms with Gasteiger partial charge in [-0.1, -0.05) is 12.1 Å². The van der Waals surface area contributed by atoms with E-state index in [4.69, 9.17) is 5.11 Å². The molecule has 1 fully saturated rings. The van der Waals surface area contributed by atoms with Crippen LogP contribution in [-0.4, -0.2) is 11.1 Å². The maximum atomic E-state index is 12.6. The lowest BCUT2D eigenvalue weighted by Gasteiger charge is -1.98. The van der Waals surface area contributed by atoms with Gasteiger partial charge in [0.25, 0.3) is 0 Å². The van der Waals surface area contributed by atoms with Crippen LogP contribution in [0, 0.1) is 17.7 Å². The maximum Gasteiger partial charge on any atom is 0.306 e. The van der Waals surface area contributed by atoms with Gasteiger partial charge in [0.15, 0.2) is 0 Å². The summed E-state index contributed by atoms with van der Waals surface area (Å²) in [4.78, 5) is 10.6. The number of hydrogen-bond donors (Lipinski definition) is 1. The molecule has 0 spiro atoms. The normalized spacial score (nSPS) is 24.6. The highest BCUT2D eigenvalue weighted by atomic mass is 19.1. The second-order valence-corrected chi connectivity index (χ2v) is 3.77. The molecule has 1 aromatic carbocycles. The van der Waals surface area contributed by atoms with Gasteiger partial charge in [-0.2, -0.15) is 0 Å². The summed E-state index contributed by atoms with van der Waals surface area (Å²) in [5, 5.41) is 8.69. The smallest absolute Gasteiger partial charge is 0.306 e. The molecule has 3 heteroatoms. The Labute approximate surface area is 81.4 Å². The third-order valence-electron chi connectivity index (χ3n) is 2.65. The molecule has 0 saturated heterocycles. The first-order valence-corrected chi connectivity index (χ1v) is 4.64. The molecular weight excluding hydrogens is 183 g/mol. The maximum absolute atomic E-state index is 12.6. The molecule has 0 aliphatic heterocycles. The van der Waals surface area contributed by atoms with Crippen molar-refractivity contribution in [1.82, 2.24) is 0 Å². The molecular formula is C11H11FO2. The number of carboxylic acids is 1. The standard InChI is InChI=1S/C11H11FO2/c12-9-3-1-7(2-4-9)5-8-6-10(8)11(13)14/h1-4,8,10H,5-6H2,(H,13,14). The minimum absolute atomic E-state index is 0.181. The fourth-order valence-corrected chi connectivity index (χ4v) is 1.70. The van der Waals surface area contributed by atoms with Crippen molar-refractivity contribution >= 4 is 5.97 Å². The molecule has 1 saturated carbocycles. The summed E-state index contributed by atoms with van der Waals surface area (Å²) in [5.41, 5.74) is 1.01. The van der Waals surface area contributed by atoms with Crippen LogP contribution in [0.5, 0.6) is 0 Å². The van der Waals surface area contributed by atoms with Crippen LogP contribution >= 0.6 is 0 Å². The Morgan fingerprint density at radius 1 is 1.43 bits per heavy atom. The summed E-state index contributed by atoms with van der Waals surface area (Å²) in [5.74, 6) is -0.894. The highest BCUT2D eigenvalue weighted by Crippen LogP contribution is 2.41. The van der Waals surface area contributed by atoms with Gasteiger partial charge in [0.2, 0.25) is 0 Å². The topological polar surface area (TPSA) is 37.3 Å². The van der Waals surface area contributed by atoms with Crippen molar-refractivity contribution in [3.05, 3.63) is 35.6 Å². The molecule has 0 radical (unpaired) electrons. The van der Waals surface area contributed by atoms with Gasteiger partial charge in [-0.15, -0.1) is 0 Å². The predicted octanol–water partition coefficient (Wildman–Crippen LogP) is 2.09. The van der Waals surface area contributed by atoms with Crippen molar-refractivity contribution in [2.45, 2.75) is 12.8 Å². The summed E-state index contributed by atoms with van der Waals surface area (Å²) in [7, 11) is 0. The minimum atomic E-state index is -0.711. The highest BCUT2D eigenvalue weighted by Gasteiger charge is 2.42. The van der Waals surface area contributed by atoms with Gasteiger partial charge in [-0.25, -0.2) is 4.39 Å². The van der Waals surface area contributed by atoms with Crippen LogP contribution in [-0.2, 0) is 11.2 Å². The highest BCUT2D eigenvalue weighted by molar-refractivity contribution is 5.73. The van der Waals surface area contributed by atoms with Crippen LogP contribution in [0.3, 0.4) is 0 Å². The van der Waals surface area contributed by atoms with Crippen LogP contribution in [0.4, 0.5) is 4.39 Å². The molecule has 74 valence electrons. The van der Waals surface area contributed by atoms with Crippen molar-refractivity contribution in [3.63, 3.8) is 0 Å². The van der Waals surface area contributed by atoms with Crippen LogP contribution in [0.25, 0.3) is 0 Å². The molecule has 0 heterocycles. The molecule has 0 aromatic heterocycles. The number of aliphatic carboxylic acids is 1. The fraction of sp³-hybridized carbons (Fsp3) is 0.364. The molecule has 0 bridgehead atoms. The average Bonchev–Trinajstić information content (AvgIpc) is 2.88. The fourth-order valence-electron chi connectivity index (χ4n) is 1.70. The number of carboxylic acid groups (broad SMARTS) is 1. The largest absolute Gasteiger partial charge is 0.481 e. The average molecular weight is 194 g/mol. The van der Waals surface area contributed by atoms with Crippen molar-refractivity contribution in [2.24, 2.45) is 11.8 Å². The Balaban J connectivity index is 1.94. The molecule has 14 heavy (non-hydrogen) atoms. The molecule has 1 aromatic rings. The monoisotopic (exact) mass is 194 g/mol. The summed E-state index contributed by atoms with van der Waals surface area (Å²) in [6.07, 6.45) is 1.50. The van der Waals surface area contributed by atoms with E-state index in [0.717, 1.165) is 18.4 Å². The summed E-state index contributed by atoms with van der Waals surface area (Å²) in [6, 6.07) is 6.25. The van der Waals surface area contributed by atoms with E-state index >= 15 is 0 Å². The van der Waals surface area contributed by atoms with E-state index in [1.165, 1.54) is 12.1 Å². The Morgan fingerprint density at radius 3 is 2.57 bits per heavy atom. The van der Waals surface area contributed by atoms with Crippen molar-refractivity contribution < 1.29 is 14.3 Å². The molecule has 2 atom stereocenters. The SMILES string of the molecule is O=C(O)C1CC1Cc1ccc(F)cc1. The third kappa shape index (κ3) is 1.92. The first-order valence-electron chi connectivity index (χ1n) is 4.64. The second-order valence-electron chi connectivity index (χ2n) is 3.77. The lowest BCUT2D eigenvalue weighted by atomic mass is 10.1. The molecule has 1 N–H and O–H groups in total.